The van der Waals surface area contributed by atoms with Crippen LogP contribution in [0.4, 0.5) is 0 Å². The fourth-order valence-electron chi connectivity index (χ4n) is 1.56. The van der Waals surface area contributed by atoms with Gasteiger partial charge >= 0.3 is 5.97 Å². The Morgan fingerprint density at radius 2 is 1.53 bits per heavy atom. The zero-order valence-electron chi connectivity index (χ0n) is 8.96. The predicted molar refractivity (Wildman–Crippen MR) is 54.2 cm³/mol. The molecular formula is C9H13N3O5. The number of hydrogen-bond acceptors (Lipinski definition) is 4. The van der Waals surface area contributed by atoms with Crippen LogP contribution < -0.4 is 11.5 Å². The molecule has 8 heteroatoms. The first kappa shape index (κ1) is 12.9. The molecule has 0 aromatic carbocycles. The second-order valence-electron chi connectivity index (χ2n) is 3.91. The van der Waals surface area contributed by atoms with Crippen LogP contribution in [0.3, 0.4) is 0 Å². The third-order valence-electron chi connectivity index (χ3n) is 2.43. The smallest absolute Gasteiger partial charge is 0.307 e. The van der Waals surface area contributed by atoms with Crippen molar-refractivity contribution in [1.82, 2.24) is 4.90 Å². The molecule has 2 unspecified atom stereocenters. The molecule has 2 atom stereocenters. The summed E-state index contributed by atoms with van der Waals surface area (Å²) in [4.78, 5) is 44.6. The van der Waals surface area contributed by atoms with Gasteiger partial charge in [-0.3, -0.25) is 19.2 Å². The molecule has 0 radical (unpaired) electrons. The van der Waals surface area contributed by atoms with Crippen molar-refractivity contribution in [3.8, 4) is 0 Å². The standard InChI is InChI=1S/C9H13N3O5/c10-6(13)2-12(3-7(11)14)8(15)4-1-5(4)9(16)17/h4-5H,1-3H2,(H2,10,13)(H2,11,14)(H,16,17). The highest BCUT2D eigenvalue weighted by molar-refractivity contribution is 5.93. The van der Waals surface area contributed by atoms with Crippen LogP contribution in [-0.2, 0) is 19.2 Å². The van der Waals surface area contributed by atoms with Crippen molar-refractivity contribution in [1.29, 1.82) is 0 Å². The number of rotatable bonds is 6. The Hall–Kier alpha value is -2.12. The summed E-state index contributed by atoms with van der Waals surface area (Å²) in [7, 11) is 0. The Balaban J connectivity index is 2.64. The number of aliphatic carboxylic acids is 1. The summed E-state index contributed by atoms with van der Waals surface area (Å²) in [5.41, 5.74) is 9.84. The third kappa shape index (κ3) is 3.44. The van der Waals surface area contributed by atoms with E-state index >= 15 is 0 Å². The van der Waals surface area contributed by atoms with Crippen molar-refractivity contribution in [2.75, 3.05) is 13.1 Å². The molecule has 0 aromatic rings. The normalized spacial score (nSPS) is 21.6. The van der Waals surface area contributed by atoms with Crippen molar-refractivity contribution >= 4 is 23.7 Å². The molecule has 0 spiro atoms. The minimum Gasteiger partial charge on any atom is -0.481 e. The maximum Gasteiger partial charge on any atom is 0.307 e. The Kier molecular flexibility index (Phi) is 3.66. The summed E-state index contributed by atoms with van der Waals surface area (Å²) < 4.78 is 0. The number of primary amides is 2. The highest BCUT2D eigenvalue weighted by Gasteiger charge is 2.50. The van der Waals surface area contributed by atoms with E-state index in [9.17, 15) is 19.2 Å². The van der Waals surface area contributed by atoms with Crippen molar-refractivity contribution in [3.63, 3.8) is 0 Å². The lowest BCUT2D eigenvalue weighted by molar-refractivity contribution is -0.143. The number of hydrogen-bond donors (Lipinski definition) is 3. The maximum absolute atomic E-state index is 11.7. The minimum atomic E-state index is -1.07. The van der Waals surface area contributed by atoms with E-state index in [1.165, 1.54) is 0 Å². The van der Waals surface area contributed by atoms with E-state index in [0.717, 1.165) is 4.90 Å². The molecule has 0 aromatic heterocycles. The van der Waals surface area contributed by atoms with Crippen molar-refractivity contribution < 1.29 is 24.3 Å². The average molecular weight is 243 g/mol. The summed E-state index contributed by atoms with van der Waals surface area (Å²) in [6, 6.07) is 0. The predicted octanol–water partition coefficient (Wildman–Crippen LogP) is -2.49. The molecule has 94 valence electrons. The zero-order chi connectivity index (χ0) is 13.2. The van der Waals surface area contributed by atoms with Crippen LogP contribution in [0.25, 0.3) is 0 Å². The van der Waals surface area contributed by atoms with E-state index in [1.54, 1.807) is 0 Å². The number of carboxylic acid groups (broad SMARTS) is 1. The molecule has 0 aliphatic heterocycles. The second-order valence-corrected chi connectivity index (χ2v) is 3.91. The van der Waals surface area contributed by atoms with Gasteiger partial charge in [0, 0.05) is 0 Å². The van der Waals surface area contributed by atoms with Crippen LogP contribution in [0.1, 0.15) is 6.42 Å². The number of nitrogens with zero attached hydrogens (tertiary/aromatic N) is 1. The van der Waals surface area contributed by atoms with Gasteiger partial charge in [-0.15, -0.1) is 0 Å². The van der Waals surface area contributed by atoms with Crippen molar-refractivity contribution in [2.45, 2.75) is 6.42 Å². The van der Waals surface area contributed by atoms with Crippen LogP contribution in [0.5, 0.6) is 0 Å². The van der Waals surface area contributed by atoms with Crippen LogP contribution in [0, 0.1) is 11.8 Å². The molecule has 1 rings (SSSR count). The fraction of sp³-hybridized carbons (Fsp3) is 0.556. The van der Waals surface area contributed by atoms with E-state index in [0.29, 0.717) is 0 Å². The topological polar surface area (TPSA) is 144 Å². The summed E-state index contributed by atoms with van der Waals surface area (Å²) in [6.45, 7) is -0.880. The van der Waals surface area contributed by atoms with Gasteiger partial charge in [0.25, 0.3) is 0 Å². The molecule has 0 saturated heterocycles. The molecule has 3 amide bonds. The molecule has 5 N–H and O–H groups in total. The first-order chi connectivity index (χ1) is 7.82. The molecule has 1 fully saturated rings. The maximum atomic E-state index is 11.7. The lowest BCUT2D eigenvalue weighted by Crippen LogP contribution is -2.44. The number of carbonyl (C=O) groups is 4. The van der Waals surface area contributed by atoms with Crippen molar-refractivity contribution in [3.05, 3.63) is 0 Å². The molecule has 1 aliphatic rings. The third-order valence-corrected chi connectivity index (χ3v) is 2.43. The van der Waals surface area contributed by atoms with Gasteiger partial charge < -0.3 is 21.5 Å². The quantitative estimate of drug-likeness (QED) is 0.472. The second kappa shape index (κ2) is 4.81. The Labute approximate surface area is 96.5 Å². The highest BCUT2D eigenvalue weighted by atomic mass is 16.4. The Morgan fingerprint density at radius 1 is 1.06 bits per heavy atom. The highest BCUT2D eigenvalue weighted by Crippen LogP contribution is 2.39. The van der Waals surface area contributed by atoms with Crippen LogP contribution in [-0.4, -0.2) is 46.8 Å². The molecular weight excluding hydrogens is 230 g/mol. The molecule has 8 nitrogen and oxygen atoms in total. The lowest BCUT2D eigenvalue weighted by atomic mass is 10.2. The van der Waals surface area contributed by atoms with Gasteiger partial charge in [-0.25, -0.2) is 0 Å². The Morgan fingerprint density at radius 3 is 1.82 bits per heavy atom. The number of carboxylic acids is 1. The number of nitrogens with two attached hydrogens (primary N) is 2. The molecule has 1 saturated carbocycles. The molecule has 0 bridgehead atoms. The van der Waals surface area contributed by atoms with Gasteiger partial charge in [-0.1, -0.05) is 0 Å². The van der Waals surface area contributed by atoms with E-state index in [2.05, 4.69) is 0 Å². The molecule has 17 heavy (non-hydrogen) atoms. The van der Waals surface area contributed by atoms with Gasteiger partial charge in [0.15, 0.2) is 0 Å². The summed E-state index contributed by atoms with van der Waals surface area (Å²) >= 11 is 0. The zero-order valence-corrected chi connectivity index (χ0v) is 8.96. The van der Waals surface area contributed by atoms with Gasteiger partial charge in [-0.2, -0.15) is 0 Å². The summed E-state index contributed by atoms with van der Waals surface area (Å²) in [6.07, 6.45) is 0.211. The van der Waals surface area contributed by atoms with Crippen LogP contribution >= 0.6 is 0 Å². The summed E-state index contributed by atoms with van der Waals surface area (Å²) in [5, 5.41) is 8.66. The minimum absolute atomic E-state index is 0.211. The largest absolute Gasteiger partial charge is 0.481 e. The lowest BCUT2D eigenvalue weighted by Gasteiger charge is -2.19. The average Bonchev–Trinajstić information content (AvgIpc) is 2.93. The first-order valence-electron chi connectivity index (χ1n) is 4.91. The van der Waals surface area contributed by atoms with E-state index < -0.39 is 48.6 Å². The van der Waals surface area contributed by atoms with Gasteiger partial charge in [0.1, 0.15) is 0 Å². The van der Waals surface area contributed by atoms with Gasteiger partial charge in [0.05, 0.1) is 24.9 Å². The van der Waals surface area contributed by atoms with E-state index in [4.69, 9.17) is 16.6 Å². The number of amides is 3. The first-order valence-corrected chi connectivity index (χ1v) is 4.91. The van der Waals surface area contributed by atoms with Crippen molar-refractivity contribution in [2.24, 2.45) is 23.3 Å². The van der Waals surface area contributed by atoms with E-state index in [-0.39, 0.29) is 6.42 Å². The van der Waals surface area contributed by atoms with Gasteiger partial charge in [-0.05, 0) is 6.42 Å². The molecule has 0 heterocycles. The SMILES string of the molecule is NC(=O)CN(CC(N)=O)C(=O)C1CC1C(=O)O. The van der Waals surface area contributed by atoms with Crippen LogP contribution in [0.15, 0.2) is 0 Å². The summed E-state index contributed by atoms with van der Waals surface area (Å²) in [5.74, 6) is -4.65. The van der Waals surface area contributed by atoms with Gasteiger partial charge in [0.2, 0.25) is 17.7 Å². The van der Waals surface area contributed by atoms with Crippen LogP contribution in [0.2, 0.25) is 0 Å². The molecule has 1 aliphatic carbocycles. The monoisotopic (exact) mass is 243 g/mol. The Bertz CT molecular complexity index is 365. The fourth-order valence-corrected chi connectivity index (χ4v) is 1.56. The van der Waals surface area contributed by atoms with E-state index in [1.807, 2.05) is 0 Å². The number of carbonyl (C=O) groups excluding carboxylic acids is 3.